The number of nitrogens with one attached hydrogen (secondary N) is 1. The van der Waals surface area contributed by atoms with E-state index in [0.717, 1.165) is 37.7 Å². The molecule has 0 aromatic heterocycles. The van der Waals surface area contributed by atoms with E-state index in [1.54, 1.807) is 12.1 Å². The van der Waals surface area contributed by atoms with E-state index in [-0.39, 0.29) is 10.8 Å². The number of amides is 1. The highest BCUT2D eigenvalue weighted by atomic mass is 32.2. The maximum absolute atomic E-state index is 12.9. The van der Waals surface area contributed by atoms with Crippen molar-refractivity contribution in [1.82, 2.24) is 4.31 Å². The SMILES string of the molecule is Cc1ccc(S(=O)(=O)N2CCCCC2)cc1NC(=O)C1(C#N)CCCC1. The fourth-order valence-corrected chi connectivity index (χ4v) is 5.30. The Bertz CT molecular complexity index is 830. The molecule has 26 heavy (non-hydrogen) atoms. The molecule has 1 saturated heterocycles. The average molecular weight is 375 g/mol. The summed E-state index contributed by atoms with van der Waals surface area (Å²) in [6.45, 7) is 2.89. The number of rotatable bonds is 4. The van der Waals surface area contributed by atoms with E-state index in [9.17, 15) is 18.5 Å². The number of carbonyl (C=O) groups is 1. The molecule has 1 amide bonds. The van der Waals surface area contributed by atoms with Crippen molar-refractivity contribution in [2.45, 2.75) is 56.8 Å². The number of carbonyl (C=O) groups excluding carboxylic acids is 1. The lowest BCUT2D eigenvalue weighted by atomic mass is 9.87. The first-order valence-electron chi connectivity index (χ1n) is 9.23. The lowest BCUT2D eigenvalue weighted by Crippen LogP contribution is -2.36. The van der Waals surface area contributed by atoms with Crippen LogP contribution in [0.15, 0.2) is 23.1 Å². The largest absolute Gasteiger partial charge is 0.324 e. The van der Waals surface area contributed by atoms with Crippen LogP contribution in [0.25, 0.3) is 0 Å². The molecule has 1 saturated carbocycles. The Morgan fingerprint density at radius 1 is 1.15 bits per heavy atom. The minimum absolute atomic E-state index is 0.192. The number of aryl methyl sites for hydroxylation is 1. The molecular formula is C19H25N3O3S. The van der Waals surface area contributed by atoms with E-state index in [1.807, 2.05) is 6.92 Å². The summed E-state index contributed by atoms with van der Waals surface area (Å²) in [5.74, 6) is -0.326. The number of sulfonamides is 1. The minimum atomic E-state index is -3.56. The number of hydrogen-bond acceptors (Lipinski definition) is 4. The maximum atomic E-state index is 12.9. The van der Waals surface area contributed by atoms with Crippen molar-refractivity contribution in [2.24, 2.45) is 5.41 Å². The molecule has 140 valence electrons. The van der Waals surface area contributed by atoms with Crippen molar-refractivity contribution < 1.29 is 13.2 Å². The van der Waals surface area contributed by atoms with Gasteiger partial charge >= 0.3 is 0 Å². The van der Waals surface area contributed by atoms with Gasteiger partial charge in [0.1, 0.15) is 5.41 Å². The molecule has 1 heterocycles. The normalized spacial score (nSPS) is 20.5. The van der Waals surface area contributed by atoms with Crippen molar-refractivity contribution in [3.63, 3.8) is 0 Å². The Kier molecular flexibility index (Phi) is 5.35. The zero-order valence-corrected chi connectivity index (χ0v) is 15.9. The Morgan fingerprint density at radius 2 is 1.81 bits per heavy atom. The van der Waals surface area contributed by atoms with Crippen LogP contribution in [0.5, 0.6) is 0 Å². The quantitative estimate of drug-likeness (QED) is 0.875. The summed E-state index contributed by atoms with van der Waals surface area (Å²) in [7, 11) is -3.56. The molecule has 2 aliphatic rings. The summed E-state index contributed by atoms with van der Waals surface area (Å²) in [5.41, 5.74) is 0.255. The van der Waals surface area contributed by atoms with Gasteiger partial charge in [0, 0.05) is 18.8 Å². The van der Waals surface area contributed by atoms with Gasteiger partial charge in [-0.05, 0) is 50.3 Å². The fourth-order valence-electron chi connectivity index (χ4n) is 3.76. The van der Waals surface area contributed by atoms with Crippen LogP contribution in [0.3, 0.4) is 0 Å². The van der Waals surface area contributed by atoms with Gasteiger partial charge in [-0.1, -0.05) is 25.3 Å². The van der Waals surface area contributed by atoms with Gasteiger partial charge in [-0.3, -0.25) is 4.79 Å². The molecule has 7 heteroatoms. The lowest BCUT2D eigenvalue weighted by Gasteiger charge is -2.26. The molecular weight excluding hydrogens is 350 g/mol. The zero-order valence-electron chi connectivity index (χ0n) is 15.1. The molecule has 1 aliphatic heterocycles. The maximum Gasteiger partial charge on any atom is 0.244 e. The summed E-state index contributed by atoms with van der Waals surface area (Å²) in [4.78, 5) is 12.9. The van der Waals surface area contributed by atoms with Gasteiger partial charge in [0.15, 0.2) is 0 Å². The van der Waals surface area contributed by atoms with E-state index < -0.39 is 15.4 Å². The van der Waals surface area contributed by atoms with Crippen LogP contribution >= 0.6 is 0 Å². The lowest BCUT2D eigenvalue weighted by molar-refractivity contribution is -0.122. The van der Waals surface area contributed by atoms with Crippen LogP contribution in [0.4, 0.5) is 5.69 Å². The van der Waals surface area contributed by atoms with Crippen molar-refractivity contribution in [3.8, 4) is 6.07 Å². The average Bonchev–Trinajstić information content (AvgIpc) is 3.14. The van der Waals surface area contributed by atoms with E-state index in [0.29, 0.717) is 31.6 Å². The van der Waals surface area contributed by atoms with Crippen LogP contribution in [0.2, 0.25) is 0 Å². The van der Waals surface area contributed by atoms with E-state index in [4.69, 9.17) is 0 Å². The summed E-state index contributed by atoms with van der Waals surface area (Å²) >= 11 is 0. The van der Waals surface area contributed by atoms with E-state index in [1.165, 1.54) is 10.4 Å². The second kappa shape index (κ2) is 7.37. The highest BCUT2D eigenvalue weighted by Gasteiger charge is 2.41. The highest BCUT2D eigenvalue weighted by Crippen LogP contribution is 2.39. The van der Waals surface area contributed by atoms with Crippen molar-refractivity contribution in [3.05, 3.63) is 23.8 Å². The van der Waals surface area contributed by atoms with Crippen molar-refractivity contribution >= 4 is 21.6 Å². The van der Waals surface area contributed by atoms with Crippen LogP contribution in [-0.4, -0.2) is 31.7 Å². The van der Waals surface area contributed by atoms with Gasteiger partial charge < -0.3 is 5.32 Å². The van der Waals surface area contributed by atoms with E-state index >= 15 is 0 Å². The third-order valence-corrected chi connectivity index (χ3v) is 7.41. The number of nitriles is 1. The van der Waals surface area contributed by atoms with Crippen LogP contribution in [0, 0.1) is 23.7 Å². The van der Waals surface area contributed by atoms with E-state index in [2.05, 4.69) is 11.4 Å². The number of benzene rings is 1. The summed E-state index contributed by atoms with van der Waals surface area (Å²) in [5, 5.41) is 12.3. The second-order valence-electron chi connectivity index (χ2n) is 7.30. The van der Waals surface area contributed by atoms with Gasteiger partial charge in [-0.15, -0.1) is 0 Å². The number of anilines is 1. The van der Waals surface area contributed by atoms with Gasteiger partial charge in [0.05, 0.1) is 11.0 Å². The van der Waals surface area contributed by atoms with Crippen LogP contribution < -0.4 is 5.32 Å². The predicted octanol–water partition coefficient (Wildman–Crippen LogP) is 3.19. The Morgan fingerprint density at radius 3 is 2.42 bits per heavy atom. The first kappa shape index (κ1) is 18.9. The Labute approximate surface area is 155 Å². The summed E-state index contributed by atoms with van der Waals surface area (Å²) < 4.78 is 27.3. The second-order valence-corrected chi connectivity index (χ2v) is 9.23. The zero-order chi connectivity index (χ0) is 18.8. The molecule has 0 atom stereocenters. The van der Waals surface area contributed by atoms with Crippen molar-refractivity contribution in [2.75, 3.05) is 18.4 Å². The number of hydrogen-bond donors (Lipinski definition) is 1. The topological polar surface area (TPSA) is 90.3 Å². The molecule has 0 radical (unpaired) electrons. The Balaban J connectivity index is 1.86. The van der Waals surface area contributed by atoms with Gasteiger partial charge in [0.25, 0.3) is 0 Å². The molecule has 0 spiro atoms. The highest BCUT2D eigenvalue weighted by molar-refractivity contribution is 7.89. The molecule has 6 nitrogen and oxygen atoms in total. The standard InChI is InChI=1S/C19H25N3O3S/c1-15-7-8-16(26(24,25)22-11-5-2-6-12-22)13-17(15)21-18(23)19(14-20)9-3-4-10-19/h7-8,13H,2-6,9-12H2,1H3,(H,21,23). The molecule has 1 aromatic carbocycles. The molecule has 0 bridgehead atoms. The molecule has 1 aromatic rings. The van der Waals surface area contributed by atoms with Gasteiger partial charge in [-0.2, -0.15) is 9.57 Å². The number of nitrogens with zero attached hydrogens (tertiary/aromatic N) is 2. The predicted molar refractivity (Wildman–Crippen MR) is 98.9 cm³/mol. The van der Waals surface area contributed by atoms with Gasteiger partial charge in [0.2, 0.25) is 15.9 Å². The monoisotopic (exact) mass is 375 g/mol. The third-order valence-electron chi connectivity index (χ3n) is 5.52. The molecule has 1 aliphatic carbocycles. The first-order valence-corrected chi connectivity index (χ1v) is 10.7. The van der Waals surface area contributed by atoms with Gasteiger partial charge in [-0.25, -0.2) is 8.42 Å². The minimum Gasteiger partial charge on any atom is -0.324 e. The Hall–Kier alpha value is -1.91. The fraction of sp³-hybridized carbons (Fsp3) is 0.579. The molecule has 1 N–H and O–H groups in total. The smallest absolute Gasteiger partial charge is 0.244 e. The van der Waals surface area contributed by atoms with Crippen LogP contribution in [-0.2, 0) is 14.8 Å². The molecule has 0 unspecified atom stereocenters. The van der Waals surface area contributed by atoms with Crippen molar-refractivity contribution in [1.29, 1.82) is 5.26 Å². The number of piperidine rings is 1. The molecule has 3 rings (SSSR count). The first-order chi connectivity index (χ1) is 12.4. The summed E-state index contributed by atoms with van der Waals surface area (Å²) in [6.07, 6.45) is 5.64. The molecule has 2 fully saturated rings. The van der Waals surface area contributed by atoms with Crippen LogP contribution in [0.1, 0.15) is 50.5 Å². The third kappa shape index (κ3) is 3.49. The summed E-state index contributed by atoms with van der Waals surface area (Å²) in [6, 6.07) is 7.00.